The first kappa shape index (κ1) is 16.9. The molecule has 0 radical (unpaired) electrons. The Hall–Kier alpha value is -1.98. The number of nitrogens with zero attached hydrogens (tertiary/aromatic N) is 1. The predicted molar refractivity (Wildman–Crippen MR) is 103 cm³/mol. The van der Waals surface area contributed by atoms with Crippen molar-refractivity contribution in [3.63, 3.8) is 0 Å². The molecule has 24 heavy (non-hydrogen) atoms. The molecular weight excluding hydrogens is 384 g/mol. The number of thiazole rings is 1. The van der Waals surface area contributed by atoms with E-state index in [9.17, 15) is 4.79 Å². The Morgan fingerprint density at radius 3 is 2.58 bits per heavy atom. The minimum atomic E-state index is -0.0431. The average molecular weight is 401 g/mol. The van der Waals surface area contributed by atoms with Crippen LogP contribution >= 0.6 is 27.3 Å². The van der Waals surface area contributed by atoms with Gasteiger partial charge in [-0.1, -0.05) is 46.3 Å². The van der Waals surface area contributed by atoms with Crippen molar-refractivity contribution in [1.82, 2.24) is 4.98 Å². The molecule has 3 rings (SSSR count). The van der Waals surface area contributed by atoms with Crippen LogP contribution < -0.4 is 5.32 Å². The van der Waals surface area contributed by atoms with Gasteiger partial charge in [-0.05, 0) is 37.1 Å². The first-order valence-electron chi connectivity index (χ1n) is 7.59. The molecule has 0 spiro atoms. The lowest BCUT2D eigenvalue weighted by Crippen LogP contribution is -2.16. The summed E-state index contributed by atoms with van der Waals surface area (Å²) in [6.45, 7) is 3.99. The molecule has 1 amide bonds. The van der Waals surface area contributed by atoms with Crippen LogP contribution in [0.2, 0.25) is 0 Å². The summed E-state index contributed by atoms with van der Waals surface area (Å²) in [6.07, 6.45) is 0.276. The fourth-order valence-corrected chi connectivity index (χ4v) is 3.72. The van der Waals surface area contributed by atoms with Crippen LogP contribution in [0.1, 0.15) is 16.8 Å². The van der Waals surface area contributed by atoms with Crippen molar-refractivity contribution in [1.29, 1.82) is 0 Å². The van der Waals surface area contributed by atoms with Gasteiger partial charge < -0.3 is 5.32 Å². The molecular formula is C19H17BrN2OS. The highest BCUT2D eigenvalue weighted by Crippen LogP contribution is 2.26. The SMILES string of the molecule is Cc1cccc(C)c1NC(=O)Cc1csc(-c2cccc(Br)c2)n1. The second-order valence-electron chi connectivity index (χ2n) is 5.65. The van der Waals surface area contributed by atoms with Crippen molar-refractivity contribution in [3.05, 3.63) is 69.1 Å². The summed E-state index contributed by atoms with van der Waals surface area (Å²) in [5.41, 5.74) is 4.87. The molecule has 122 valence electrons. The van der Waals surface area contributed by atoms with Gasteiger partial charge in [0.15, 0.2) is 0 Å². The summed E-state index contributed by atoms with van der Waals surface area (Å²) in [5.74, 6) is -0.0431. The molecule has 2 aromatic carbocycles. The highest BCUT2D eigenvalue weighted by Gasteiger charge is 2.11. The Morgan fingerprint density at radius 1 is 1.17 bits per heavy atom. The van der Waals surface area contributed by atoms with E-state index < -0.39 is 0 Å². The second-order valence-corrected chi connectivity index (χ2v) is 7.42. The second kappa shape index (κ2) is 7.28. The summed E-state index contributed by atoms with van der Waals surface area (Å²) >= 11 is 5.02. The summed E-state index contributed by atoms with van der Waals surface area (Å²) in [4.78, 5) is 16.9. The summed E-state index contributed by atoms with van der Waals surface area (Å²) in [6, 6.07) is 14.0. The zero-order valence-corrected chi connectivity index (χ0v) is 15.9. The number of carbonyl (C=O) groups excluding carboxylic acids is 1. The van der Waals surface area contributed by atoms with Crippen LogP contribution in [0.5, 0.6) is 0 Å². The van der Waals surface area contributed by atoms with Crippen molar-refractivity contribution in [2.24, 2.45) is 0 Å². The number of hydrogen-bond donors (Lipinski definition) is 1. The first-order valence-corrected chi connectivity index (χ1v) is 9.26. The third-order valence-electron chi connectivity index (χ3n) is 3.71. The summed E-state index contributed by atoms with van der Waals surface area (Å²) < 4.78 is 1.02. The molecule has 1 N–H and O–H groups in total. The average Bonchev–Trinajstić information content (AvgIpc) is 2.99. The van der Waals surface area contributed by atoms with E-state index in [1.54, 1.807) is 11.3 Å². The van der Waals surface area contributed by atoms with Gasteiger partial charge in [0.1, 0.15) is 5.01 Å². The normalized spacial score (nSPS) is 10.6. The zero-order valence-electron chi connectivity index (χ0n) is 13.5. The van der Waals surface area contributed by atoms with Crippen molar-refractivity contribution in [2.75, 3.05) is 5.32 Å². The fraction of sp³-hybridized carbons (Fsp3) is 0.158. The Bertz CT molecular complexity index is 868. The fourth-order valence-electron chi connectivity index (χ4n) is 2.50. The standard InChI is InChI=1S/C19H17BrN2OS/c1-12-5-3-6-13(2)18(12)22-17(23)10-16-11-24-19(21-16)14-7-4-8-15(20)9-14/h3-9,11H,10H2,1-2H3,(H,22,23). The smallest absolute Gasteiger partial charge is 0.230 e. The minimum Gasteiger partial charge on any atom is -0.325 e. The molecule has 0 saturated heterocycles. The zero-order chi connectivity index (χ0) is 17.1. The van der Waals surface area contributed by atoms with Crippen LogP contribution in [-0.2, 0) is 11.2 Å². The largest absolute Gasteiger partial charge is 0.325 e. The lowest BCUT2D eigenvalue weighted by atomic mass is 10.1. The van der Waals surface area contributed by atoms with Crippen LogP contribution in [0.4, 0.5) is 5.69 Å². The van der Waals surface area contributed by atoms with Crippen LogP contribution in [0.25, 0.3) is 10.6 Å². The monoisotopic (exact) mass is 400 g/mol. The molecule has 0 unspecified atom stereocenters. The number of hydrogen-bond acceptors (Lipinski definition) is 3. The Labute approximate surface area is 153 Å². The molecule has 3 nitrogen and oxygen atoms in total. The van der Waals surface area contributed by atoms with Crippen LogP contribution in [-0.4, -0.2) is 10.9 Å². The number of halogens is 1. The number of aryl methyl sites for hydroxylation is 2. The third kappa shape index (κ3) is 3.91. The maximum Gasteiger partial charge on any atom is 0.230 e. The van der Waals surface area contributed by atoms with Gasteiger partial charge in [-0.15, -0.1) is 11.3 Å². The van der Waals surface area contributed by atoms with Crippen LogP contribution in [0, 0.1) is 13.8 Å². The van der Waals surface area contributed by atoms with Crippen molar-refractivity contribution in [3.8, 4) is 10.6 Å². The van der Waals surface area contributed by atoms with E-state index in [0.29, 0.717) is 0 Å². The van der Waals surface area contributed by atoms with Crippen molar-refractivity contribution in [2.45, 2.75) is 20.3 Å². The molecule has 0 aliphatic rings. The Kier molecular flexibility index (Phi) is 5.11. The molecule has 0 aliphatic heterocycles. The number of aromatic nitrogens is 1. The quantitative estimate of drug-likeness (QED) is 0.639. The van der Waals surface area contributed by atoms with Gasteiger partial charge >= 0.3 is 0 Å². The maximum absolute atomic E-state index is 12.3. The lowest BCUT2D eigenvalue weighted by molar-refractivity contribution is -0.115. The van der Waals surface area contributed by atoms with E-state index in [-0.39, 0.29) is 12.3 Å². The Balaban J connectivity index is 1.72. The molecule has 0 atom stereocenters. The minimum absolute atomic E-state index is 0.0431. The van der Waals surface area contributed by atoms with Gasteiger partial charge in [0, 0.05) is 21.1 Å². The van der Waals surface area contributed by atoms with Crippen molar-refractivity contribution >= 4 is 38.9 Å². The number of carbonyl (C=O) groups is 1. The van der Waals surface area contributed by atoms with E-state index >= 15 is 0 Å². The summed E-state index contributed by atoms with van der Waals surface area (Å²) in [5, 5.41) is 5.87. The van der Waals surface area contributed by atoms with Crippen molar-refractivity contribution < 1.29 is 4.79 Å². The molecule has 0 bridgehead atoms. The van der Waals surface area contributed by atoms with E-state index in [1.165, 1.54) is 0 Å². The van der Waals surface area contributed by atoms with E-state index in [4.69, 9.17) is 0 Å². The summed E-state index contributed by atoms with van der Waals surface area (Å²) in [7, 11) is 0. The van der Waals surface area contributed by atoms with Gasteiger partial charge in [0.25, 0.3) is 0 Å². The lowest BCUT2D eigenvalue weighted by Gasteiger charge is -2.10. The highest BCUT2D eigenvalue weighted by atomic mass is 79.9. The van der Waals surface area contributed by atoms with E-state index in [0.717, 1.165) is 37.6 Å². The Morgan fingerprint density at radius 2 is 1.88 bits per heavy atom. The van der Waals surface area contributed by atoms with Gasteiger partial charge in [-0.2, -0.15) is 0 Å². The number of nitrogens with one attached hydrogen (secondary N) is 1. The first-order chi connectivity index (χ1) is 11.5. The molecule has 0 fully saturated rings. The van der Waals surface area contributed by atoms with Crippen LogP contribution in [0.3, 0.4) is 0 Å². The number of anilines is 1. The van der Waals surface area contributed by atoms with Gasteiger partial charge in [0.2, 0.25) is 5.91 Å². The molecule has 0 saturated carbocycles. The van der Waals surface area contributed by atoms with Gasteiger partial charge in [-0.3, -0.25) is 4.79 Å². The molecule has 5 heteroatoms. The number of benzene rings is 2. The topological polar surface area (TPSA) is 42.0 Å². The van der Waals surface area contributed by atoms with E-state index in [1.807, 2.05) is 61.7 Å². The van der Waals surface area contributed by atoms with Gasteiger partial charge in [0.05, 0.1) is 12.1 Å². The van der Waals surface area contributed by atoms with Crippen LogP contribution in [0.15, 0.2) is 52.3 Å². The third-order valence-corrected chi connectivity index (χ3v) is 5.14. The molecule has 3 aromatic rings. The highest BCUT2D eigenvalue weighted by molar-refractivity contribution is 9.10. The number of para-hydroxylation sites is 1. The molecule has 0 aliphatic carbocycles. The van der Waals surface area contributed by atoms with Gasteiger partial charge in [-0.25, -0.2) is 4.98 Å². The molecule has 1 heterocycles. The van der Waals surface area contributed by atoms with E-state index in [2.05, 4.69) is 26.2 Å². The molecule has 1 aromatic heterocycles. The number of rotatable bonds is 4. The number of amides is 1. The maximum atomic E-state index is 12.3. The predicted octanol–water partition coefficient (Wildman–Crippen LogP) is 5.37.